The Morgan fingerprint density at radius 2 is 1.94 bits per heavy atom. The van der Waals surface area contributed by atoms with Gasteiger partial charge in [0.25, 0.3) is 5.91 Å². The van der Waals surface area contributed by atoms with Crippen molar-refractivity contribution in [2.24, 2.45) is 0 Å². The zero-order valence-electron chi connectivity index (χ0n) is 10.7. The molecule has 1 rings (SSSR count). The van der Waals surface area contributed by atoms with Crippen LogP contribution in [0.15, 0.2) is 24.3 Å². The maximum absolute atomic E-state index is 12.0. The SMILES string of the molecule is COCc1ccccc1C(=O)NC(C)(C)C(=O)O. The number of methoxy groups -OCH3 is 1. The van der Waals surface area contributed by atoms with Gasteiger partial charge in [-0.2, -0.15) is 0 Å². The monoisotopic (exact) mass is 251 g/mol. The van der Waals surface area contributed by atoms with Crippen molar-refractivity contribution in [2.75, 3.05) is 7.11 Å². The zero-order chi connectivity index (χ0) is 13.8. The fourth-order valence-corrected chi connectivity index (χ4v) is 1.43. The molecule has 0 bridgehead atoms. The molecule has 0 atom stereocenters. The third-order valence-corrected chi connectivity index (χ3v) is 2.52. The minimum atomic E-state index is -1.31. The lowest BCUT2D eigenvalue weighted by molar-refractivity contribution is -0.143. The number of hydrogen-bond donors (Lipinski definition) is 2. The van der Waals surface area contributed by atoms with Crippen LogP contribution in [0.1, 0.15) is 29.8 Å². The van der Waals surface area contributed by atoms with E-state index in [1.54, 1.807) is 24.3 Å². The van der Waals surface area contributed by atoms with Gasteiger partial charge in [0.15, 0.2) is 0 Å². The van der Waals surface area contributed by atoms with Crippen molar-refractivity contribution in [3.63, 3.8) is 0 Å². The maximum atomic E-state index is 12.0. The molecule has 0 fully saturated rings. The molecule has 5 heteroatoms. The molecule has 0 saturated carbocycles. The molecule has 0 aromatic heterocycles. The first kappa shape index (κ1) is 14.2. The van der Waals surface area contributed by atoms with Crippen molar-refractivity contribution in [2.45, 2.75) is 26.0 Å². The lowest BCUT2D eigenvalue weighted by Crippen LogP contribution is -2.49. The second kappa shape index (κ2) is 5.64. The van der Waals surface area contributed by atoms with Crippen LogP contribution in [-0.2, 0) is 16.1 Å². The first-order valence-electron chi connectivity index (χ1n) is 5.51. The number of ether oxygens (including phenoxy) is 1. The smallest absolute Gasteiger partial charge is 0.328 e. The molecule has 1 amide bonds. The number of aliphatic carboxylic acids is 1. The van der Waals surface area contributed by atoms with Gasteiger partial charge in [0.05, 0.1) is 6.61 Å². The van der Waals surface area contributed by atoms with Gasteiger partial charge in [0, 0.05) is 12.7 Å². The standard InChI is InChI=1S/C13H17NO4/c1-13(2,12(16)17)14-11(15)10-7-5-4-6-9(10)8-18-3/h4-7H,8H2,1-3H3,(H,14,15)(H,16,17). The highest BCUT2D eigenvalue weighted by Gasteiger charge is 2.29. The van der Waals surface area contributed by atoms with E-state index in [4.69, 9.17) is 9.84 Å². The summed E-state index contributed by atoms with van der Waals surface area (Å²) < 4.78 is 5.00. The second-order valence-corrected chi connectivity index (χ2v) is 4.47. The highest BCUT2D eigenvalue weighted by molar-refractivity contribution is 5.98. The van der Waals surface area contributed by atoms with Crippen molar-refractivity contribution < 1.29 is 19.4 Å². The second-order valence-electron chi connectivity index (χ2n) is 4.47. The number of benzene rings is 1. The Hall–Kier alpha value is -1.88. The molecule has 1 aromatic rings. The highest BCUT2D eigenvalue weighted by atomic mass is 16.5. The third kappa shape index (κ3) is 3.30. The molecule has 0 radical (unpaired) electrons. The van der Waals surface area contributed by atoms with Crippen LogP contribution in [0.2, 0.25) is 0 Å². The van der Waals surface area contributed by atoms with E-state index in [0.29, 0.717) is 12.2 Å². The van der Waals surface area contributed by atoms with Gasteiger partial charge in [0.2, 0.25) is 0 Å². The van der Waals surface area contributed by atoms with Crippen LogP contribution >= 0.6 is 0 Å². The molecule has 18 heavy (non-hydrogen) atoms. The van der Waals surface area contributed by atoms with E-state index in [9.17, 15) is 9.59 Å². The molecule has 0 spiro atoms. The molecule has 0 saturated heterocycles. The molecule has 0 unspecified atom stereocenters. The Morgan fingerprint density at radius 3 is 2.50 bits per heavy atom. The van der Waals surface area contributed by atoms with Gasteiger partial charge in [-0.15, -0.1) is 0 Å². The first-order valence-corrected chi connectivity index (χ1v) is 5.51. The summed E-state index contributed by atoms with van der Waals surface area (Å²) in [5.41, 5.74) is -0.163. The summed E-state index contributed by atoms with van der Waals surface area (Å²) >= 11 is 0. The normalized spacial score (nSPS) is 11.1. The number of amides is 1. The summed E-state index contributed by atoms with van der Waals surface area (Å²) in [5, 5.41) is 11.4. The molecule has 1 aromatic carbocycles. The van der Waals surface area contributed by atoms with Gasteiger partial charge < -0.3 is 15.2 Å². The predicted octanol–water partition coefficient (Wildman–Crippen LogP) is 1.43. The molecule has 98 valence electrons. The number of hydrogen-bond acceptors (Lipinski definition) is 3. The van der Waals surface area contributed by atoms with E-state index in [2.05, 4.69) is 5.32 Å². The maximum Gasteiger partial charge on any atom is 0.328 e. The topological polar surface area (TPSA) is 75.6 Å². The van der Waals surface area contributed by atoms with Crippen molar-refractivity contribution in [3.8, 4) is 0 Å². The Bertz CT molecular complexity index is 454. The van der Waals surface area contributed by atoms with E-state index in [1.165, 1.54) is 21.0 Å². The number of carboxylic acid groups (broad SMARTS) is 1. The van der Waals surface area contributed by atoms with Crippen LogP contribution in [0.25, 0.3) is 0 Å². The molecule has 5 nitrogen and oxygen atoms in total. The summed E-state index contributed by atoms with van der Waals surface area (Å²) in [5.74, 6) is -1.50. The quantitative estimate of drug-likeness (QED) is 0.830. The molecular formula is C13H17NO4. The highest BCUT2D eigenvalue weighted by Crippen LogP contribution is 2.12. The summed E-state index contributed by atoms with van der Waals surface area (Å²) in [7, 11) is 1.54. The van der Waals surface area contributed by atoms with Crippen LogP contribution in [-0.4, -0.2) is 29.6 Å². The van der Waals surface area contributed by atoms with Gasteiger partial charge in [-0.1, -0.05) is 18.2 Å². The average Bonchev–Trinajstić information content (AvgIpc) is 2.29. The fraction of sp³-hybridized carbons (Fsp3) is 0.385. The largest absolute Gasteiger partial charge is 0.480 e. The summed E-state index contributed by atoms with van der Waals surface area (Å²) in [6, 6.07) is 6.93. The Labute approximate surface area is 106 Å². The van der Waals surface area contributed by atoms with E-state index in [-0.39, 0.29) is 0 Å². The van der Waals surface area contributed by atoms with Gasteiger partial charge in [-0.05, 0) is 25.5 Å². The van der Waals surface area contributed by atoms with E-state index in [1.807, 2.05) is 0 Å². The van der Waals surface area contributed by atoms with E-state index < -0.39 is 17.4 Å². The minimum Gasteiger partial charge on any atom is -0.480 e. The summed E-state index contributed by atoms with van der Waals surface area (Å²) in [4.78, 5) is 23.0. The molecular weight excluding hydrogens is 234 g/mol. The van der Waals surface area contributed by atoms with Gasteiger partial charge in [0.1, 0.15) is 5.54 Å². The van der Waals surface area contributed by atoms with Crippen LogP contribution in [0, 0.1) is 0 Å². The number of nitrogens with one attached hydrogen (secondary N) is 1. The number of rotatable bonds is 5. The third-order valence-electron chi connectivity index (χ3n) is 2.52. The molecule has 0 aliphatic rings. The van der Waals surface area contributed by atoms with Crippen molar-refractivity contribution >= 4 is 11.9 Å². The Morgan fingerprint density at radius 1 is 1.33 bits per heavy atom. The van der Waals surface area contributed by atoms with Crippen LogP contribution in [0.3, 0.4) is 0 Å². The van der Waals surface area contributed by atoms with Crippen molar-refractivity contribution in [1.29, 1.82) is 0 Å². The molecule has 0 heterocycles. The van der Waals surface area contributed by atoms with Gasteiger partial charge >= 0.3 is 5.97 Å². The van der Waals surface area contributed by atoms with E-state index >= 15 is 0 Å². The average molecular weight is 251 g/mol. The van der Waals surface area contributed by atoms with Crippen molar-refractivity contribution in [3.05, 3.63) is 35.4 Å². The summed E-state index contributed by atoms with van der Waals surface area (Å²) in [6.45, 7) is 3.18. The van der Waals surface area contributed by atoms with Crippen LogP contribution < -0.4 is 5.32 Å². The molecule has 0 aliphatic heterocycles. The van der Waals surface area contributed by atoms with Crippen LogP contribution in [0.5, 0.6) is 0 Å². The lowest BCUT2D eigenvalue weighted by atomic mass is 10.0. The first-order chi connectivity index (χ1) is 8.38. The predicted molar refractivity (Wildman–Crippen MR) is 66.3 cm³/mol. The number of carbonyl (C=O) groups is 2. The Kier molecular flexibility index (Phi) is 4.44. The van der Waals surface area contributed by atoms with Gasteiger partial charge in [-0.3, -0.25) is 4.79 Å². The van der Waals surface area contributed by atoms with Crippen LogP contribution in [0.4, 0.5) is 0 Å². The minimum absolute atomic E-state index is 0.303. The zero-order valence-corrected chi connectivity index (χ0v) is 10.7. The Balaban J connectivity index is 2.94. The van der Waals surface area contributed by atoms with Crippen molar-refractivity contribution in [1.82, 2.24) is 5.32 Å². The molecule has 2 N–H and O–H groups in total. The fourth-order valence-electron chi connectivity index (χ4n) is 1.43. The number of carbonyl (C=O) groups excluding carboxylic acids is 1. The van der Waals surface area contributed by atoms with E-state index in [0.717, 1.165) is 5.56 Å². The summed E-state index contributed by atoms with van der Waals surface area (Å²) in [6.07, 6.45) is 0. The lowest BCUT2D eigenvalue weighted by Gasteiger charge is -2.21. The molecule has 0 aliphatic carbocycles. The number of carboxylic acids is 1. The van der Waals surface area contributed by atoms with Gasteiger partial charge in [-0.25, -0.2) is 4.79 Å².